The van der Waals surface area contributed by atoms with Gasteiger partial charge in [0.05, 0.1) is 5.41 Å². The van der Waals surface area contributed by atoms with E-state index in [2.05, 4.69) is 17.3 Å². The van der Waals surface area contributed by atoms with E-state index in [0.29, 0.717) is 5.92 Å². The van der Waals surface area contributed by atoms with E-state index >= 15 is 0 Å². The third-order valence-electron chi connectivity index (χ3n) is 5.93. The molecule has 4 nitrogen and oxygen atoms in total. The Morgan fingerprint density at radius 2 is 1.70 bits per heavy atom. The second-order valence-corrected chi connectivity index (χ2v) is 7.94. The molecule has 3 N–H and O–H groups in total. The van der Waals surface area contributed by atoms with Crippen molar-refractivity contribution in [2.75, 3.05) is 13.6 Å². The standard InChI is InChI=1S/C16H31N3O/c1-15(2,16(3,4)17)14(20)18-10-11-8-12-6-7-13(9-11)19(12)5/h11-13H,6-10,17H2,1-5H3,(H,18,20). The molecule has 116 valence electrons. The number of nitrogens with zero attached hydrogens (tertiary/aromatic N) is 1. The summed E-state index contributed by atoms with van der Waals surface area (Å²) in [5, 5.41) is 3.15. The Balaban J connectivity index is 1.86. The highest BCUT2D eigenvalue weighted by Gasteiger charge is 2.42. The highest BCUT2D eigenvalue weighted by atomic mass is 16.2. The average Bonchev–Trinajstić information content (AvgIpc) is 2.58. The van der Waals surface area contributed by atoms with Crippen LogP contribution in [0.25, 0.3) is 0 Å². The minimum Gasteiger partial charge on any atom is -0.355 e. The van der Waals surface area contributed by atoms with Gasteiger partial charge in [-0.3, -0.25) is 4.79 Å². The van der Waals surface area contributed by atoms with Gasteiger partial charge >= 0.3 is 0 Å². The summed E-state index contributed by atoms with van der Waals surface area (Å²) in [7, 11) is 2.25. The van der Waals surface area contributed by atoms with Crippen molar-refractivity contribution < 1.29 is 4.79 Å². The Kier molecular flexibility index (Phi) is 4.18. The van der Waals surface area contributed by atoms with E-state index in [-0.39, 0.29) is 5.91 Å². The van der Waals surface area contributed by atoms with Crippen molar-refractivity contribution in [3.05, 3.63) is 0 Å². The summed E-state index contributed by atoms with van der Waals surface area (Å²) in [6.07, 6.45) is 5.10. The van der Waals surface area contributed by atoms with E-state index in [1.165, 1.54) is 25.7 Å². The molecule has 0 radical (unpaired) electrons. The van der Waals surface area contributed by atoms with Crippen LogP contribution >= 0.6 is 0 Å². The predicted octanol–water partition coefficient (Wildman–Crippen LogP) is 1.74. The molecule has 2 rings (SSSR count). The number of carbonyl (C=O) groups is 1. The lowest BCUT2D eigenvalue weighted by atomic mass is 9.74. The van der Waals surface area contributed by atoms with Crippen LogP contribution in [0.2, 0.25) is 0 Å². The van der Waals surface area contributed by atoms with Crippen LogP contribution in [0.4, 0.5) is 0 Å². The first-order valence-electron chi connectivity index (χ1n) is 7.92. The summed E-state index contributed by atoms with van der Waals surface area (Å²) in [4.78, 5) is 14.9. The molecule has 2 heterocycles. The Bertz CT molecular complexity index is 358. The third-order valence-corrected chi connectivity index (χ3v) is 5.93. The Morgan fingerprint density at radius 1 is 1.20 bits per heavy atom. The van der Waals surface area contributed by atoms with Gasteiger partial charge in [-0.1, -0.05) is 0 Å². The van der Waals surface area contributed by atoms with Gasteiger partial charge in [-0.05, 0) is 66.3 Å². The maximum atomic E-state index is 12.4. The number of rotatable bonds is 4. The molecule has 2 bridgehead atoms. The van der Waals surface area contributed by atoms with Crippen LogP contribution in [-0.2, 0) is 4.79 Å². The zero-order chi connectivity index (χ0) is 15.1. The number of nitrogens with one attached hydrogen (secondary N) is 1. The second-order valence-electron chi connectivity index (χ2n) is 7.94. The lowest BCUT2D eigenvalue weighted by Crippen LogP contribution is -2.56. The topological polar surface area (TPSA) is 58.4 Å². The summed E-state index contributed by atoms with van der Waals surface area (Å²) in [6.45, 7) is 8.51. The fraction of sp³-hybridized carbons (Fsp3) is 0.938. The summed E-state index contributed by atoms with van der Waals surface area (Å²) in [5.74, 6) is 0.709. The van der Waals surface area contributed by atoms with Gasteiger partial charge in [0.25, 0.3) is 0 Å². The lowest BCUT2D eigenvalue weighted by molar-refractivity contribution is -0.132. The van der Waals surface area contributed by atoms with Crippen molar-refractivity contribution in [1.82, 2.24) is 10.2 Å². The van der Waals surface area contributed by atoms with Crippen LogP contribution in [0, 0.1) is 11.3 Å². The highest BCUT2D eigenvalue weighted by molar-refractivity contribution is 5.83. The smallest absolute Gasteiger partial charge is 0.227 e. The zero-order valence-electron chi connectivity index (χ0n) is 13.7. The lowest BCUT2D eigenvalue weighted by Gasteiger charge is -2.39. The van der Waals surface area contributed by atoms with Crippen molar-refractivity contribution in [2.24, 2.45) is 17.1 Å². The normalized spacial score (nSPS) is 31.4. The van der Waals surface area contributed by atoms with Crippen LogP contribution in [0.1, 0.15) is 53.4 Å². The van der Waals surface area contributed by atoms with Crippen molar-refractivity contribution in [3.63, 3.8) is 0 Å². The van der Waals surface area contributed by atoms with Gasteiger partial charge in [0.2, 0.25) is 5.91 Å². The molecule has 4 heteroatoms. The minimum absolute atomic E-state index is 0.0799. The number of hydrogen-bond acceptors (Lipinski definition) is 3. The monoisotopic (exact) mass is 281 g/mol. The molecule has 2 saturated heterocycles. The quantitative estimate of drug-likeness (QED) is 0.825. The van der Waals surface area contributed by atoms with Gasteiger partial charge in [0.15, 0.2) is 0 Å². The number of hydrogen-bond donors (Lipinski definition) is 2. The largest absolute Gasteiger partial charge is 0.355 e. The fourth-order valence-corrected chi connectivity index (χ4v) is 3.44. The molecule has 1 amide bonds. The van der Waals surface area contributed by atoms with Gasteiger partial charge in [-0.2, -0.15) is 0 Å². The zero-order valence-corrected chi connectivity index (χ0v) is 13.7. The van der Waals surface area contributed by atoms with Gasteiger partial charge in [0.1, 0.15) is 0 Å². The molecule has 2 unspecified atom stereocenters. The molecule has 0 aromatic rings. The molecule has 2 fully saturated rings. The number of piperidine rings is 1. The molecule has 0 aromatic heterocycles. The van der Waals surface area contributed by atoms with Gasteiger partial charge < -0.3 is 16.0 Å². The average molecular weight is 281 g/mol. The predicted molar refractivity (Wildman–Crippen MR) is 82.4 cm³/mol. The third kappa shape index (κ3) is 2.86. The molecular formula is C16H31N3O. The molecule has 2 atom stereocenters. The molecular weight excluding hydrogens is 250 g/mol. The Hall–Kier alpha value is -0.610. The van der Waals surface area contributed by atoms with E-state index in [9.17, 15) is 4.79 Å². The number of fused-ring (bicyclic) bond motifs is 2. The molecule has 2 aliphatic rings. The Morgan fingerprint density at radius 3 is 2.15 bits per heavy atom. The summed E-state index contributed by atoms with van der Waals surface area (Å²) in [6, 6.07) is 1.46. The van der Waals surface area contributed by atoms with Crippen LogP contribution in [0.3, 0.4) is 0 Å². The van der Waals surface area contributed by atoms with E-state index < -0.39 is 11.0 Å². The van der Waals surface area contributed by atoms with Crippen LogP contribution in [0.5, 0.6) is 0 Å². The highest BCUT2D eigenvalue weighted by Crippen LogP contribution is 2.37. The SMILES string of the molecule is CN1C2CCC1CC(CNC(=O)C(C)(C)C(C)(C)N)C2. The second kappa shape index (κ2) is 5.30. The first-order chi connectivity index (χ1) is 9.13. The van der Waals surface area contributed by atoms with Crippen molar-refractivity contribution in [2.45, 2.75) is 71.0 Å². The molecule has 0 saturated carbocycles. The van der Waals surface area contributed by atoms with Crippen LogP contribution < -0.4 is 11.1 Å². The van der Waals surface area contributed by atoms with Crippen LogP contribution in [0.15, 0.2) is 0 Å². The van der Waals surface area contributed by atoms with Crippen molar-refractivity contribution >= 4 is 5.91 Å². The minimum atomic E-state index is -0.544. The number of amides is 1. The molecule has 0 aromatic carbocycles. The summed E-state index contributed by atoms with van der Waals surface area (Å²) < 4.78 is 0. The van der Waals surface area contributed by atoms with Crippen LogP contribution in [-0.4, -0.2) is 42.0 Å². The maximum absolute atomic E-state index is 12.4. The number of nitrogens with two attached hydrogens (primary N) is 1. The van der Waals surface area contributed by atoms with E-state index in [1.54, 1.807) is 0 Å². The molecule has 0 aliphatic carbocycles. The maximum Gasteiger partial charge on any atom is 0.227 e. The van der Waals surface area contributed by atoms with Gasteiger partial charge in [-0.25, -0.2) is 0 Å². The summed E-state index contributed by atoms with van der Waals surface area (Å²) in [5.41, 5.74) is 5.07. The first-order valence-corrected chi connectivity index (χ1v) is 7.92. The molecule has 20 heavy (non-hydrogen) atoms. The van der Waals surface area contributed by atoms with E-state index in [4.69, 9.17) is 5.73 Å². The van der Waals surface area contributed by atoms with Crippen molar-refractivity contribution in [3.8, 4) is 0 Å². The molecule has 2 aliphatic heterocycles. The number of carbonyl (C=O) groups excluding carboxylic acids is 1. The Labute approximate surface area is 123 Å². The van der Waals surface area contributed by atoms with E-state index in [1.807, 2.05) is 27.7 Å². The van der Waals surface area contributed by atoms with Gasteiger partial charge in [0, 0.05) is 24.2 Å². The first kappa shape index (κ1) is 15.8. The summed E-state index contributed by atoms with van der Waals surface area (Å²) >= 11 is 0. The van der Waals surface area contributed by atoms with E-state index in [0.717, 1.165) is 18.6 Å². The molecule has 0 spiro atoms. The van der Waals surface area contributed by atoms with Crippen molar-refractivity contribution in [1.29, 1.82) is 0 Å². The fourth-order valence-electron chi connectivity index (χ4n) is 3.44. The van der Waals surface area contributed by atoms with Gasteiger partial charge in [-0.15, -0.1) is 0 Å².